The van der Waals surface area contributed by atoms with Gasteiger partial charge in [0.1, 0.15) is 0 Å². The lowest BCUT2D eigenvalue weighted by molar-refractivity contribution is 0.426. The van der Waals surface area contributed by atoms with E-state index in [0.717, 1.165) is 21.5 Å². The smallest absolute Gasteiger partial charge is 0.423 e. The molecular weight excluding hydrogens is 235 g/mol. The van der Waals surface area contributed by atoms with E-state index in [1.807, 2.05) is 30.3 Å². The Morgan fingerprint density at radius 2 is 1.32 bits per heavy atom. The minimum absolute atomic E-state index is 0.566. The fourth-order valence-corrected chi connectivity index (χ4v) is 3.00. The molecule has 4 aromatic carbocycles. The van der Waals surface area contributed by atoms with Crippen LogP contribution in [0.25, 0.3) is 32.3 Å². The lowest BCUT2D eigenvalue weighted by atomic mass is 9.75. The molecule has 0 aliphatic rings. The van der Waals surface area contributed by atoms with Gasteiger partial charge in [0, 0.05) is 0 Å². The Labute approximate surface area is 110 Å². The Morgan fingerprint density at radius 1 is 0.684 bits per heavy atom. The Kier molecular flexibility index (Phi) is 2.10. The summed E-state index contributed by atoms with van der Waals surface area (Å²) in [6.07, 6.45) is 0. The van der Waals surface area contributed by atoms with Gasteiger partial charge in [0.2, 0.25) is 0 Å². The van der Waals surface area contributed by atoms with Crippen LogP contribution in [0.5, 0.6) is 0 Å². The van der Waals surface area contributed by atoms with Gasteiger partial charge < -0.3 is 10.0 Å². The van der Waals surface area contributed by atoms with Crippen molar-refractivity contribution in [2.24, 2.45) is 0 Å². The normalized spacial score (nSPS) is 11.7. The highest BCUT2D eigenvalue weighted by molar-refractivity contribution is 6.63. The van der Waals surface area contributed by atoms with E-state index in [-0.39, 0.29) is 0 Å². The van der Waals surface area contributed by atoms with Gasteiger partial charge in [-0.3, -0.25) is 0 Å². The van der Waals surface area contributed by atoms with Crippen molar-refractivity contribution in [2.45, 2.75) is 0 Å². The van der Waals surface area contributed by atoms with Crippen LogP contribution in [0.2, 0.25) is 0 Å². The van der Waals surface area contributed by atoms with Crippen LogP contribution in [0.15, 0.2) is 54.6 Å². The van der Waals surface area contributed by atoms with E-state index in [0.29, 0.717) is 5.46 Å². The predicted octanol–water partition coefficient (Wildman–Crippen LogP) is 2.26. The predicted molar refractivity (Wildman–Crippen MR) is 80.0 cm³/mol. The molecule has 0 spiro atoms. The fraction of sp³-hybridized carbons (Fsp3) is 0. The standard InChI is InChI=1S/C16H11BO2/c18-17(19)14-9-12-5-1-3-10-7-8-11-4-2-6-13(14)16(11)15(10)12/h1-9,18-19H. The van der Waals surface area contributed by atoms with Crippen molar-refractivity contribution in [1.29, 1.82) is 0 Å². The molecule has 90 valence electrons. The summed E-state index contributed by atoms with van der Waals surface area (Å²) >= 11 is 0. The fourth-order valence-electron chi connectivity index (χ4n) is 3.00. The third kappa shape index (κ3) is 1.40. The summed E-state index contributed by atoms with van der Waals surface area (Å²) in [7, 11) is -1.45. The van der Waals surface area contributed by atoms with Gasteiger partial charge in [-0.05, 0) is 37.8 Å². The topological polar surface area (TPSA) is 40.5 Å². The molecular formula is C16H11BO2. The molecule has 19 heavy (non-hydrogen) atoms. The van der Waals surface area contributed by atoms with E-state index in [9.17, 15) is 10.0 Å². The van der Waals surface area contributed by atoms with Crippen LogP contribution in [0, 0.1) is 0 Å². The zero-order valence-corrected chi connectivity index (χ0v) is 10.2. The van der Waals surface area contributed by atoms with Crippen molar-refractivity contribution >= 4 is 44.9 Å². The van der Waals surface area contributed by atoms with Gasteiger partial charge >= 0.3 is 7.12 Å². The Bertz CT molecular complexity index is 899. The molecule has 0 aliphatic heterocycles. The van der Waals surface area contributed by atoms with Gasteiger partial charge in [0.15, 0.2) is 0 Å². The van der Waals surface area contributed by atoms with Gasteiger partial charge in [-0.1, -0.05) is 54.6 Å². The molecule has 2 nitrogen and oxygen atoms in total. The zero-order chi connectivity index (χ0) is 13.0. The van der Waals surface area contributed by atoms with Crippen LogP contribution >= 0.6 is 0 Å². The van der Waals surface area contributed by atoms with Crippen LogP contribution < -0.4 is 5.46 Å². The van der Waals surface area contributed by atoms with Crippen LogP contribution in [0.4, 0.5) is 0 Å². The van der Waals surface area contributed by atoms with E-state index >= 15 is 0 Å². The quantitative estimate of drug-likeness (QED) is 0.399. The maximum atomic E-state index is 9.60. The second-order valence-corrected chi connectivity index (χ2v) is 4.89. The summed E-state index contributed by atoms with van der Waals surface area (Å²) in [5.74, 6) is 0. The minimum Gasteiger partial charge on any atom is -0.423 e. The van der Waals surface area contributed by atoms with Gasteiger partial charge in [-0.25, -0.2) is 0 Å². The average molecular weight is 246 g/mol. The van der Waals surface area contributed by atoms with Gasteiger partial charge in [0.25, 0.3) is 0 Å². The van der Waals surface area contributed by atoms with Crippen molar-refractivity contribution < 1.29 is 10.0 Å². The molecule has 4 rings (SSSR count). The van der Waals surface area contributed by atoms with E-state index in [1.165, 1.54) is 10.8 Å². The highest BCUT2D eigenvalue weighted by Crippen LogP contribution is 2.33. The SMILES string of the molecule is OB(O)c1cc2cccc3ccc4cccc1c4c32. The molecule has 0 amide bonds. The van der Waals surface area contributed by atoms with Crippen molar-refractivity contribution in [3.63, 3.8) is 0 Å². The average Bonchev–Trinajstić information content (AvgIpc) is 2.44. The molecule has 4 aromatic rings. The first kappa shape index (κ1) is 10.8. The van der Waals surface area contributed by atoms with Crippen molar-refractivity contribution in [1.82, 2.24) is 0 Å². The van der Waals surface area contributed by atoms with Gasteiger partial charge in [-0.15, -0.1) is 0 Å². The second kappa shape index (κ2) is 3.70. The maximum Gasteiger partial charge on any atom is 0.489 e. The van der Waals surface area contributed by atoms with E-state index in [1.54, 1.807) is 0 Å². The first-order valence-corrected chi connectivity index (χ1v) is 6.28. The first-order valence-electron chi connectivity index (χ1n) is 6.28. The number of hydrogen-bond donors (Lipinski definition) is 2. The molecule has 0 aromatic heterocycles. The van der Waals surface area contributed by atoms with E-state index in [4.69, 9.17) is 0 Å². The van der Waals surface area contributed by atoms with Crippen molar-refractivity contribution in [2.75, 3.05) is 0 Å². The zero-order valence-electron chi connectivity index (χ0n) is 10.2. The number of rotatable bonds is 1. The molecule has 0 atom stereocenters. The highest BCUT2D eigenvalue weighted by atomic mass is 16.4. The van der Waals surface area contributed by atoms with Crippen molar-refractivity contribution in [3.05, 3.63) is 54.6 Å². The number of hydrogen-bond acceptors (Lipinski definition) is 2. The van der Waals surface area contributed by atoms with Crippen LogP contribution in [0.1, 0.15) is 0 Å². The molecule has 0 aliphatic carbocycles. The minimum atomic E-state index is -1.45. The summed E-state index contributed by atoms with van der Waals surface area (Å²) in [4.78, 5) is 0. The van der Waals surface area contributed by atoms with Gasteiger partial charge in [0.05, 0.1) is 0 Å². The summed E-state index contributed by atoms with van der Waals surface area (Å²) in [5.41, 5.74) is 0.566. The monoisotopic (exact) mass is 246 g/mol. The molecule has 0 bridgehead atoms. The summed E-state index contributed by atoms with van der Waals surface area (Å²) in [6, 6.07) is 18.1. The molecule has 0 heterocycles. The maximum absolute atomic E-state index is 9.60. The van der Waals surface area contributed by atoms with E-state index < -0.39 is 7.12 Å². The molecule has 0 saturated carbocycles. The Balaban J connectivity index is 2.39. The molecule has 0 unspecified atom stereocenters. The lowest BCUT2D eigenvalue weighted by Crippen LogP contribution is -2.30. The molecule has 0 fully saturated rings. The lowest BCUT2D eigenvalue weighted by Gasteiger charge is -2.14. The van der Waals surface area contributed by atoms with Crippen LogP contribution in [-0.2, 0) is 0 Å². The first-order chi connectivity index (χ1) is 9.25. The number of benzene rings is 4. The molecule has 3 heteroatoms. The molecule has 2 N–H and O–H groups in total. The van der Waals surface area contributed by atoms with E-state index in [2.05, 4.69) is 24.3 Å². The summed E-state index contributed by atoms with van der Waals surface area (Å²) < 4.78 is 0. The largest absolute Gasteiger partial charge is 0.489 e. The third-order valence-electron chi connectivity index (χ3n) is 3.82. The Morgan fingerprint density at radius 3 is 2.05 bits per heavy atom. The van der Waals surface area contributed by atoms with Crippen LogP contribution in [0.3, 0.4) is 0 Å². The third-order valence-corrected chi connectivity index (χ3v) is 3.82. The van der Waals surface area contributed by atoms with Crippen molar-refractivity contribution in [3.8, 4) is 0 Å². The molecule has 0 radical (unpaired) electrons. The van der Waals surface area contributed by atoms with Crippen LogP contribution in [-0.4, -0.2) is 17.2 Å². The highest BCUT2D eigenvalue weighted by Gasteiger charge is 2.18. The van der Waals surface area contributed by atoms with Gasteiger partial charge in [-0.2, -0.15) is 0 Å². The summed E-state index contributed by atoms with van der Waals surface area (Å²) in [5, 5.41) is 25.8. The second-order valence-electron chi connectivity index (χ2n) is 4.89. The summed E-state index contributed by atoms with van der Waals surface area (Å²) in [6.45, 7) is 0. The molecule has 0 saturated heterocycles. The Hall–Kier alpha value is -2.10.